The minimum Gasteiger partial charge on any atom is -0.496 e. The maximum absolute atomic E-state index is 14.8. The number of carbonyl (C=O) groups excluding carboxylic acids is 1. The Morgan fingerprint density at radius 3 is 1.65 bits per heavy atom. The zero-order valence-electron chi connectivity index (χ0n) is 41.4. The van der Waals surface area contributed by atoms with Crippen LogP contribution in [0.25, 0.3) is 6.08 Å². The Morgan fingerprint density at radius 1 is 0.568 bits per heavy atom. The van der Waals surface area contributed by atoms with Gasteiger partial charge in [0, 0.05) is 11.6 Å². The highest BCUT2D eigenvalue weighted by molar-refractivity contribution is 7.87. The summed E-state index contributed by atoms with van der Waals surface area (Å²) >= 11 is 0. The van der Waals surface area contributed by atoms with Crippen molar-refractivity contribution in [2.75, 3.05) is 14.2 Å². The molecule has 0 amide bonds. The number of methoxy groups -OCH3 is 2. The Balaban J connectivity index is 1.01. The second-order valence-electron chi connectivity index (χ2n) is 18.0. The van der Waals surface area contributed by atoms with Crippen molar-refractivity contribution >= 4 is 22.0 Å². The second-order valence-corrected chi connectivity index (χ2v) is 19.6. The van der Waals surface area contributed by atoms with Crippen LogP contribution in [0.5, 0.6) is 34.5 Å². The van der Waals surface area contributed by atoms with E-state index in [0.717, 1.165) is 51.1 Å². The van der Waals surface area contributed by atoms with Crippen LogP contribution >= 0.6 is 0 Å². The number of rotatable bonds is 22. The molecule has 376 valence electrons. The third kappa shape index (κ3) is 13.3. The van der Waals surface area contributed by atoms with Crippen molar-refractivity contribution in [2.24, 2.45) is 0 Å². The zero-order valence-corrected chi connectivity index (χ0v) is 42.2. The molecule has 0 radical (unpaired) electrons. The average molecular weight is 1010 g/mol. The molecule has 0 saturated carbocycles. The molecule has 1 aliphatic rings. The number of hydrogen-bond acceptors (Lipinski definition) is 10. The van der Waals surface area contributed by atoms with Crippen molar-refractivity contribution in [1.29, 1.82) is 0 Å². The van der Waals surface area contributed by atoms with Gasteiger partial charge in [0.15, 0.2) is 5.78 Å². The van der Waals surface area contributed by atoms with E-state index in [4.69, 9.17) is 32.6 Å². The molecule has 0 N–H and O–H groups in total. The van der Waals surface area contributed by atoms with Gasteiger partial charge in [-0.1, -0.05) is 152 Å². The summed E-state index contributed by atoms with van der Waals surface area (Å²) in [6, 6.07) is 62.3. The lowest BCUT2D eigenvalue weighted by atomic mass is 9.80. The monoisotopic (exact) mass is 1010 g/mol. The molecule has 0 aliphatic carbocycles. The standard InChI is InChI=1S/C63H58O10S/c1-67-59-41-60(71-44-49-19-11-5-12-20-49)62(57(64)38-28-46-25-33-53(34-26-46)70-43-48-17-9-4-10-18-48)63(68-2)61(59)51-39-55(35-27-45-23-31-52(32-24-45)69-42-47-15-7-3-8-16-47)72-58(40-51)50-29-36-54(37-30-50)73-74(65,66)56-21-13-6-14-22-56/h3-26,28-34,36-38,41,51,55,58H,27,35,39-40,42-44H2,1-2H3/b38-28+/t51-,55+,58+/m1/s1. The number of ether oxygens (including phenoxy) is 6. The van der Waals surface area contributed by atoms with Gasteiger partial charge < -0.3 is 32.6 Å². The van der Waals surface area contributed by atoms with E-state index in [-0.39, 0.29) is 40.6 Å². The summed E-state index contributed by atoms with van der Waals surface area (Å²) in [5.41, 5.74) is 6.86. The molecule has 8 aromatic rings. The molecule has 8 aromatic carbocycles. The highest BCUT2D eigenvalue weighted by atomic mass is 32.2. The fourth-order valence-corrected chi connectivity index (χ4v) is 10.1. The quantitative estimate of drug-likeness (QED) is 0.0369. The van der Waals surface area contributed by atoms with Crippen LogP contribution in [0.2, 0.25) is 0 Å². The third-order valence-electron chi connectivity index (χ3n) is 12.9. The number of benzene rings is 8. The molecular weight excluding hydrogens is 949 g/mol. The number of allylic oxidation sites excluding steroid dienone is 1. The van der Waals surface area contributed by atoms with Gasteiger partial charge >= 0.3 is 10.1 Å². The maximum atomic E-state index is 14.8. The molecular formula is C63H58O10S. The number of aryl methyl sites for hydroxylation is 1. The van der Waals surface area contributed by atoms with E-state index in [9.17, 15) is 13.2 Å². The second kappa shape index (κ2) is 24.5. The number of ketones is 1. The van der Waals surface area contributed by atoms with Crippen LogP contribution < -0.4 is 27.9 Å². The summed E-state index contributed by atoms with van der Waals surface area (Å²) in [6.45, 7) is 1.12. The summed E-state index contributed by atoms with van der Waals surface area (Å²) in [5.74, 6) is 2.33. The Morgan fingerprint density at radius 2 is 1.09 bits per heavy atom. The fourth-order valence-electron chi connectivity index (χ4n) is 9.12. The van der Waals surface area contributed by atoms with E-state index in [1.54, 1.807) is 62.8 Å². The molecule has 0 aromatic heterocycles. The third-order valence-corrected chi connectivity index (χ3v) is 14.2. The topological polar surface area (TPSA) is 116 Å². The molecule has 10 nitrogen and oxygen atoms in total. The first-order valence-electron chi connectivity index (χ1n) is 24.7. The predicted molar refractivity (Wildman–Crippen MR) is 287 cm³/mol. The molecule has 1 heterocycles. The van der Waals surface area contributed by atoms with Gasteiger partial charge in [0.2, 0.25) is 0 Å². The van der Waals surface area contributed by atoms with Crippen molar-refractivity contribution in [3.8, 4) is 34.5 Å². The lowest BCUT2D eigenvalue weighted by Crippen LogP contribution is -2.28. The van der Waals surface area contributed by atoms with Crippen LogP contribution in [0.3, 0.4) is 0 Å². The highest BCUT2D eigenvalue weighted by Gasteiger charge is 2.37. The van der Waals surface area contributed by atoms with Crippen LogP contribution in [0.15, 0.2) is 211 Å². The SMILES string of the molecule is COc1cc(OCc2ccccc2)c(C(=O)/C=C/c2ccc(OCc3ccccc3)cc2)c(OC)c1[C@@H]1C[C@H](CCc2ccc(OCc3ccccc3)cc2)O[C@H](c2ccc(OS(=O)(=O)c3ccccc3)cc2)C1. The van der Waals surface area contributed by atoms with Crippen molar-refractivity contribution in [3.05, 3.63) is 251 Å². The van der Waals surface area contributed by atoms with E-state index < -0.39 is 16.2 Å². The van der Waals surface area contributed by atoms with E-state index in [0.29, 0.717) is 55.5 Å². The first kappa shape index (κ1) is 50.8. The lowest BCUT2D eigenvalue weighted by Gasteiger charge is -2.37. The Bertz CT molecular complexity index is 3200. The minimum absolute atomic E-state index is 0.0614. The van der Waals surface area contributed by atoms with Crippen molar-refractivity contribution in [2.45, 2.75) is 68.5 Å². The predicted octanol–water partition coefficient (Wildman–Crippen LogP) is 13.7. The fraction of sp³-hybridized carbons (Fsp3) is 0.190. The van der Waals surface area contributed by atoms with Crippen LogP contribution in [-0.2, 0) is 41.1 Å². The van der Waals surface area contributed by atoms with Crippen LogP contribution in [0.4, 0.5) is 0 Å². The van der Waals surface area contributed by atoms with E-state index in [1.165, 1.54) is 12.1 Å². The number of hydrogen-bond donors (Lipinski definition) is 0. The Kier molecular flexibility index (Phi) is 16.8. The molecule has 74 heavy (non-hydrogen) atoms. The maximum Gasteiger partial charge on any atom is 0.339 e. The average Bonchev–Trinajstić information content (AvgIpc) is 3.45. The first-order chi connectivity index (χ1) is 36.2. The molecule has 0 unspecified atom stereocenters. The minimum atomic E-state index is -4.06. The van der Waals surface area contributed by atoms with E-state index in [2.05, 4.69) is 12.1 Å². The van der Waals surface area contributed by atoms with Gasteiger partial charge in [-0.3, -0.25) is 4.79 Å². The van der Waals surface area contributed by atoms with Gasteiger partial charge in [-0.05, 0) is 120 Å². The molecule has 11 heteroatoms. The molecule has 9 rings (SSSR count). The normalized spacial score (nSPS) is 15.5. The smallest absolute Gasteiger partial charge is 0.339 e. The largest absolute Gasteiger partial charge is 0.496 e. The summed E-state index contributed by atoms with van der Waals surface area (Å²) in [6.07, 6.45) is 5.12. The van der Waals surface area contributed by atoms with Gasteiger partial charge in [0.25, 0.3) is 0 Å². The van der Waals surface area contributed by atoms with Crippen LogP contribution in [0.1, 0.15) is 80.6 Å². The van der Waals surface area contributed by atoms with Crippen LogP contribution in [0, 0.1) is 0 Å². The highest BCUT2D eigenvalue weighted by Crippen LogP contribution is 2.51. The van der Waals surface area contributed by atoms with Crippen molar-refractivity contribution < 1.29 is 45.8 Å². The molecule has 0 bridgehead atoms. The van der Waals surface area contributed by atoms with Crippen LogP contribution in [-0.4, -0.2) is 34.5 Å². The molecule has 1 fully saturated rings. The summed E-state index contributed by atoms with van der Waals surface area (Å²) < 4.78 is 69.9. The first-order valence-corrected chi connectivity index (χ1v) is 26.1. The van der Waals surface area contributed by atoms with Crippen molar-refractivity contribution in [1.82, 2.24) is 0 Å². The summed E-state index contributed by atoms with van der Waals surface area (Å²) in [7, 11) is -0.879. The molecule has 0 spiro atoms. The van der Waals surface area contributed by atoms with E-state index in [1.807, 2.05) is 140 Å². The molecule has 1 aliphatic heterocycles. The molecule has 1 saturated heterocycles. The van der Waals surface area contributed by atoms with Gasteiger partial charge in [-0.25, -0.2) is 0 Å². The lowest BCUT2D eigenvalue weighted by molar-refractivity contribution is -0.0632. The van der Waals surface area contributed by atoms with E-state index >= 15 is 0 Å². The number of carbonyl (C=O) groups is 1. The van der Waals surface area contributed by atoms with Gasteiger partial charge in [0.1, 0.15) is 64.8 Å². The van der Waals surface area contributed by atoms with Crippen molar-refractivity contribution in [3.63, 3.8) is 0 Å². The Labute approximate surface area is 433 Å². The summed E-state index contributed by atoms with van der Waals surface area (Å²) in [4.78, 5) is 14.8. The van der Waals surface area contributed by atoms with Gasteiger partial charge in [-0.2, -0.15) is 8.42 Å². The van der Waals surface area contributed by atoms with Gasteiger partial charge in [0.05, 0.1) is 26.4 Å². The molecule has 3 atom stereocenters. The summed E-state index contributed by atoms with van der Waals surface area (Å²) in [5, 5.41) is 0. The zero-order chi connectivity index (χ0) is 51.1. The Hall–Kier alpha value is -8.12. The van der Waals surface area contributed by atoms with Gasteiger partial charge in [-0.15, -0.1) is 0 Å².